The van der Waals surface area contributed by atoms with E-state index in [1.807, 2.05) is 30.3 Å². The van der Waals surface area contributed by atoms with Crippen LogP contribution in [0, 0.1) is 5.92 Å². The number of nitrogens with zero attached hydrogens (tertiary/aromatic N) is 1. The van der Waals surface area contributed by atoms with Crippen molar-refractivity contribution in [3.05, 3.63) is 59.8 Å². The molecule has 5 nitrogen and oxygen atoms in total. The van der Waals surface area contributed by atoms with Crippen molar-refractivity contribution >= 4 is 16.8 Å². The fraction of sp³-hybridized carbons (Fsp3) is 0.348. The number of amides is 1. The van der Waals surface area contributed by atoms with Gasteiger partial charge in [0, 0.05) is 36.3 Å². The number of carbonyl (C=O) groups is 1. The van der Waals surface area contributed by atoms with Crippen LogP contribution in [0.3, 0.4) is 0 Å². The highest BCUT2D eigenvalue weighted by molar-refractivity contribution is 5.89. The van der Waals surface area contributed by atoms with Crippen LogP contribution < -0.4 is 14.8 Å². The average Bonchev–Trinajstić information content (AvgIpc) is 3.03. The highest BCUT2D eigenvalue weighted by Gasteiger charge is 2.13. The number of aromatic nitrogens is 1. The van der Waals surface area contributed by atoms with E-state index >= 15 is 0 Å². The minimum absolute atomic E-state index is 0.0552. The molecule has 0 aliphatic heterocycles. The van der Waals surface area contributed by atoms with Gasteiger partial charge in [0.2, 0.25) is 5.91 Å². The molecule has 0 aliphatic carbocycles. The molecule has 1 aromatic heterocycles. The molecular formula is C23H28N2O3. The van der Waals surface area contributed by atoms with E-state index in [4.69, 9.17) is 9.47 Å². The fourth-order valence-corrected chi connectivity index (χ4v) is 3.30. The molecule has 0 fully saturated rings. The standard InChI is InChI=1S/C23H28N2O3/c1-16(2)13-24-23(26)11-18-15-25(22-8-6-5-7-21(18)22)14-17-9-19(27-3)12-20(10-17)28-4/h5-10,12,15-16H,11,13-14H2,1-4H3,(H,24,26). The molecule has 0 atom stereocenters. The summed E-state index contributed by atoms with van der Waals surface area (Å²) >= 11 is 0. The Morgan fingerprint density at radius 1 is 1.07 bits per heavy atom. The number of para-hydroxylation sites is 1. The quantitative estimate of drug-likeness (QED) is 0.642. The van der Waals surface area contributed by atoms with Gasteiger partial charge < -0.3 is 19.4 Å². The summed E-state index contributed by atoms with van der Waals surface area (Å²) in [5, 5.41) is 4.11. The van der Waals surface area contributed by atoms with E-state index in [2.05, 4.69) is 42.1 Å². The van der Waals surface area contributed by atoms with Gasteiger partial charge in [-0.25, -0.2) is 0 Å². The molecular weight excluding hydrogens is 352 g/mol. The van der Waals surface area contributed by atoms with E-state index in [9.17, 15) is 4.79 Å². The Morgan fingerprint density at radius 3 is 2.39 bits per heavy atom. The monoisotopic (exact) mass is 380 g/mol. The largest absolute Gasteiger partial charge is 0.497 e. The molecule has 0 unspecified atom stereocenters. The van der Waals surface area contributed by atoms with E-state index in [1.54, 1.807) is 14.2 Å². The van der Waals surface area contributed by atoms with Crippen molar-refractivity contribution in [3.63, 3.8) is 0 Å². The van der Waals surface area contributed by atoms with Crippen molar-refractivity contribution in [2.24, 2.45) is 5.92 Å². The molecule has 3 aromatic rings. The van der Waals surface area contributed by atoms with Crippen LogP contribution in [0.25, 0.3) is 10.9 Å². The summed E-state index contributed by atoms with van der Waals surface area (Å²) in [5.74, 6) is 2.02. The lowest BCUT2D eigenvalue weighted by molar-refractivity contribution is -0.120. The Hall–Kier alpha value is -2.95. The molecule has 0 spiro atoms. The second-order valence-corrected chi connectivity index (χ2v) is 7.40. The Kier molecular flexibility index (Phi) is 6.24. The van der Waals surface area contributed by atoms with Gasteiger partial charge in [0.15, 0.2) is 0 Å². The Balaban J connectivity index is 1.89. The van der Waals surface area contributed by atoms with Gasteiger partial charge in [-0.05, 0) is 35.2 Å². The SMILES string of the molecule is COc1cc(Cn2cc(CC(=O)NCC(C)C)c3ccccc32)cc(OC)c1. The van der Waals surface area contributed by atoms with Crippen molar-refractivity contribution in [1.29, 1.82) is 0 Å². The van der Waals surface area contributed by atoms with Crippen molar-refractivity contribution in [1.82, 2.24) is 9.88 Å². The van der Waals surface area contributed by atoms with Gasteiger partial charge in [0.05, 0.1) is 20.6 Å². The van der Waals surface area contributed by atoms with Crippen molar-refractivity contribution < 1.29 is 14.3 Å². The van der Waals surface area contributed by atoms with Crippen molar-refractivity contribution in [2.45, 2.75) is 26.8 Å². The van der Waals surface area contributed by atoms with Crippen LogP contribution in [0.2, 0.25) is 0 Å². The lowest BCUT2D eigenvalue weighted by atomic mass is 10.1. The summed E-state index contributed by atoms with van der Waals surface area (Å²) in [7, 11) is 3.30. The summed E-state index contributed by atoms with van der Waals surface area (Å²) in [5.41, 5.74) is 3.22. The molecule has 0 saturated heterocycles. The minimum Gasteiger partial charge on any atom is -0.497 e. The van der Waals surface area contributed by atoms with Crippen molar-refractivity contribution in [3.8, 4) is 11.5 Å². The molecule has 28 heavy (non-hydrogen) atoms. The summed E-state index contributed by atoms with van der Waals surface area (Å²) in [6, 6.07) is 14.1. The molecule has 0 saturated carbocycles. The van der Waals surface area contributed by atoms with E-state index in [0.717, 1.165) is 33.5 Å². The van der Waals surface area contributed by atoms with Crippen LogP contribution in [0.15, 0.2) is 48.7 Å². The first-order valence-corrected chi connectivity index (χ1v) is 9.55. The third-order valence-corrected chi connectivity index (χ3v) is 4.69. The third-order valence-electron chi connectivity index (χ3n) is 4.69. The molecule has 3 rings (SSSR count). The smallest absolute Gasteiger partial charge is 0.224 e. The topological polar surface area (TPSA) is 52.5 Å². The second kappa shape index (κ2) is 8.83. The fourth-order valence-electron chi connectivity index (χ4n) is 3.30. The van der Waals surface area contributed by atoms with Gasteiger partial charge in [-0.2, -0.15) is 0 Å². The molecule has 148 valence electrons. The number of hydrogen-bond acceptors (Lipinski definition) is 3. The normalized spacial score (nSPS) is 11.0. The second-order valence-electron chi connectivity index (χ2n) is 7.40. The molecule has 0 radical (unpaired) electrons. The zero-order valence-electron chi connectivity index (χ0n) is 17.0. The number of fused-ring (bicyclic) bond motifs is 1. The summed E-state index contributed by atoms with van der Waals surface area (Å²) in [6.07, 6.45) is 2.45. The van der Waals surface area contributed by atoms with Gasteiger partial charge in [-0.3, -0.25) is 4.79 Å². The summed E-state index contributed by atoms with van der Waals surface area (Å²) in [6.45, 7) is 5.55. The van der Waals surface area contributed by atoms with Gasteiger partial charge in [0.1, 0.15) is 11.5 Å². The van der Waals surface area contributed by atoms with E-state index < -0.39 is 0 Å². The van der Waals surface area contributed by atoms with Crippen LogP contribution in [-0.2, 0) is 17.8 Å². The number of methoxy groups -OCH3 is 2. The van der Waals surface area contributed by atoms with Crippen LogP contribution in [0.5, 0.6) is 11.5 Å². The predicted octanol–water partition coefficient (Wildman–Crippen LogP) is 4.02. The number of rotatable bonds is 8. The number of benzene rings is 2. The van der Waals surface area contributed by atoms with Gasteiger partial charge in [-0.1, -0.05) is 32.0 Å². The molecule has 1 N–H and O–H groups in total. The predicted molar refractivity (Wildman–Crippen MR) is 112 cm³/mol. The maximum atomic E-state index is 12.3. The average molecular weight is 380 g/mol. The van der Waals surface area contributed by atoms with Crippen LogP contribution >= 0.6 is 0 Å². The zero-order valence-corrected chi connectivity index (χ0v) is 17.0. The van der Waals surface area contributed by atoms with E-state index in [0.29, 0.717) is 25.4 Å². The highest BCUT2D eigenvalue weighted by atomic mass is 16.5. The first-order chi connectivity index (χ1) is 13.5. The summed E-state index contributed by atoms with van der Waals surface area (Å²) in [4.78, 5) is 12.3. The third kappa shape index (κ3) is 4.66. The Bertz CT molecular complexity index is 937. The number of hydrogen-bond donors (Lipinski definition) is 1. The Labute approximate surface area is 166 Å². The van der Waals surface area contributed by atoms with Gasteiger partial charge >= 0.3 is 0 Å². The molecule has 0 bridgehead atoms. The van der Waals surface area contributed by atoms with Crippen molar-refractivity contribution in [2.75, 3.05) is 20.8 Å². The maximum absolute atomic E-state index is 12.3. The lowest BCUT2D eigenvalue weighted by Gasteiger charge is -2.10. The maximum Gasteiger partial charge on any atom is 0.224 e. The first kappa shape index (κ1) is 19.8. The minimum atomic E-state index is 0.0552. The number of ether oxygens (including phenoxy) is 2. The molecule has 1 amide bonds. The van der Waals surface area contributed by atoms with E-state index in [1.165, 1.54) is 0 Å². The van der Waals surface area contributed by atoms with Crippen LogP contribution in [0.4, 0.5) is 0 Å². The number of carbonyl (C=O) groups excluding carboxylic acids is 1. The van der Waals surface area contributed by atoms with Gasteiger partial charge in [-0.15, -0.1) is 0 Å². The molecule has 5 heteroatoms. The zero-order chi connectivity index (χ0) is 20.1. The first-order valence-electron chi connectivity index (χ1n) is 9.55. The van der Waals surface area contributed by atoms with E-state index in [-0.39, 0.29) is 5.91 Å². The summed E-state index contributed by atoms with van der Waals surface area (Å²) < 4.78 is 12.9. The Morgan fingerprint density at radius 2 is 1.75 bits per heavy atom. The van der Waals surface area contributed by atoms with Crippen LogP contribution in [0.1, 0.15) is 25.0 Å². The van der Waals surface area contributed by atoms with Crippen LogP contribution in [-0.4, -0.2) is 31.2 Å². The highest BCUT2D eigenvalue weighted by Crippen LogP contribution is 2.26. The molecule has 0 aliphatic rings. The van der Waals surface area contributed by atoms with Gasteiger partial charge in [0.25, 0.3) is 0 Å². The lowest BCUT2D eigenvalue weighted by Crippen LogP contribution is -2.28. The molecule has 1 heterocycles. The number of nitrogens with one attached hydrogen (secondary N) is 1. The molecule has 2 aromatic carbocycles.